The highest BCUT2D eigenvalue weighted by atomic mass is 16.5. The molecule has 0 saturated heterocycles. The van der Waals surface area contributed by atoms with Crippen molar-refractivity contribution in [3.05, 3.63) is 30.2 Å². The van der Waals surface area contributed by atoms with Crippen LogP contribution in [0.15, 0.2) is 18.7 Å². The standard InChI is InChI=1S/C13H15N7O2/c1-7(10-15-6-17-19-10)18-11-8-4-9(13(21)22-3)20(2)12(8)16-5-14-11/h4-7H,1-3H3,(H,14,16,18)(H,15,17,19)/t7-/m1/s1. The summed E-state index contributed by atoms with van der Waals surface area (Å²) in [6.07, 6.45) is 2.89. The number of aryl methyl sites for hydroxylation is 1. The molecule has 0 aromatic carbocycles. The predicted molar refractivity (Wildman–Crippen MR) is 78.3 cm³/mol. The molecule has 1 atom stereocenters. The Kier molecular flexibility index (Phi) is 3.45. The van der Waals surface area contributed by atoms with E-state index in [9.17, 15) is 4.79 Å². The Morgan fingerprint density at radius 1 is 1.36 bits per heavy atom. The van der Waals surface area contributed by atoms with Crippen LogP contribution in [0.4, 0.5) is 5.82 Å². The second-order valence-corrected chi connectivity index (χ2v) is 4.78. The number of nitrogens with zero attached hydrogens (tertiary/aromatic N) is 5. The maximum absolute atomic E-state index is 11.8. The third kappa shape index (κ3) is 2.26. The summed E-state index contributed by atoms with van der Waals surface area (Å²) in [4.78, 5) is 24.4. The fourth-order valence-corrected chi connectivity index (χ4v) is 2.25. The van der Waals surface area contributed by atoms with Gasteiger partial charge in [0.25, 0.3) is 0 Å². The molecule has 3 aromatic heterocycles. The van der Waals surface area contributed by atoms with E-state index in [2.05, 4.69) is 30.5 Å². The Balaban J connectivity index is 2.01. The lowest BCUT2D eigenvalue weighted by atomic mass is 10.3. The fourth-order valence-electron chi connectivity index (χ4n) is 2.25. The van der Waals surface area contributed by atoms with E-state index in [0.717, 1.165) is 5.39 Å². The molecular formula is C13H15N7O2. The summed E-state index contributed by atoms with van der Waals surface area (Å²) in [5, 5.41) is 10.6. The maximum Gasteiger partial charge on any atom is 0.354 e. The number of H-pyrrole nitrogens is 1. The van der Waals surface area contributed by atoms with Crippen LogP contribution in [-0.2, 0) is 11.8 Å². The molecule has 0 aliphatic carbocycles. The highest BCUT2D eigenvalue weighted by Gasteiger charge is 2.18. The highest BCUT2D eigenvalue weighted by molar-refractivity contribution is 5.98. The zero-order valence-electron chi connectivity index (χ0n) is 12.4. The van der Waals surface area contributed by atoms with Gasteiger partial charge in [0.05, 0.1) is 18.5 Å². The maximum atomic E-state index is 11.8. The molecule has 0 unspecified atom stereocenters. The smallest absolute Gasteiger partial charge is 0.354 e. The molecular weight excluding hydrogens is 286 g/mol. The summed E-state index contributed by atoms with van der Waals surface area (Å²) in [7, 11) is 3.10. The molecule has 3 aromatic rings. The molecule has 0 spiro atoms. The Labute approximate surface area is 125 Å². The second-order valence-electron chi connectivity index (χ2n) is 4.78. The van der Waals surface area contributed by atoms with Crippen LogP contribution < -0.4 is 5.32 Å². The van der Waals surface area contributed by atoms with Crippen LogP contribution in [0.2, 0.25) is 0 Å². The molecule has 0 bridgehead atoms. The molecule has 22 heavy (non-hydrogen) atoms. The summed E-state index contributed by atoms with van der Waals surface area (Å²) in [5.41, 5.74) is 1.05. The number of anilines is 1. The zero-order chi connectivity index (χ0) is 15.7. The van der Waals surface area contributed by atoms with Crippen molar-refractivity contribution in [1.82, 2.24) is 29.7 Å². The van der Waals surface area contributed by atoms with E-state index in [1.807, 2.05) is 6.92 Å². The van der Waals surface area contributed by atoms with Gasteiger partial charge in [0, 0.05) is 7.05 Å². The van der Waals surface area contributed by atoms with Crippen molar-refractivity contribution in [1.29, 1.82) is 0 Å². The van der Waals surface area contributed by atoms with Crippen LogP contribution in [0, 0.1) is 0 Å². The summed E-state index contributed by atoms with van der Waals surface area (Å²) in [6.45, 7) is 1.93. The Bertz CT molecular complexity index is 809. The van der Waals surface area contributed by atoms with Gasteiger partial charge in [-0.15, -0.1) is 0 Å². The summed E-state index contributed by atoms with van der Waals surface area (Å²) >= 11 is 0. The highest BCUT2D eigenvalue weighted by Crippen LogP contribution is 2.25. The first-order valence-corrected chi connectivity index (χ1v) is 6.62. The van der Waals surface area contributed by atoms with Crippen molar-refractivity contribution in [2.75, 3.05) is 12.4 Å². The molecule has 0 fully saturated rings. The summed E-state index contributed by atoms with van der Waals surface area (Å²) < 4.78 is 6.45. The third-order valence-electron chi connectivity index (χ3n) is 3.41. The van der Waals surface area contributed by atoms with Gasteiger partial charge in [-0.2, -0.15) is 5.10 Å². The molecule has 9 heteroatoms. The van der Waals surface area contributed by atoms with Crippen molar-refractivity contribution in [2.24, 2.45) is 7.05 Å². The van der Waals surface area contributed by atoms with Crippen LogP contribution >= 0.6 is 0 Å². The monoisotopic (exact) mass is 301 g/mol. The molecule has 2 N–H and O–H groups in total. The number of hydrogen-bond donors (Lipinski definition) is 2. The molecule has 3 rings (SSSR count). The van der Waals surface area contributed by atoms with Crippen molar-refractivity contribution >= 4 is 22.8 Å². The average Bonchev–Trinajstić information content (AvgIpc) is 3.16. The molecule has 0 aliphatic heterocycles. The van der Waals surface area contributed by atoms with E-state index in [0.29, 0.717) is 23.0 Å². The molecule has 0 amide bonds. The van der Waals surface area contributed by atoms with E-state index in [1.165, 1.54) is 19.8 Å². The molecule has 0 saturated carbocycles. The molecule has 0 radical (unpaired) electrons. The number of aromatic amines is 1. The van der Waals surface area contributed by atoms with Crippen LogP contribution in [0.1, 0.15) is 29.3 Å². The quantitative estimate of drug-likeness (QED) is 0.693. The third-order valence-corrected chi connectivity index (χ3v) is 3.41. The average molecular weight is 301 g/mol. The first-order chi connectivity index (χ1) is 10.6. The van der Waals surface area contributed by atoms with Gasteiger partial charge in [0.1, 0.15) is 35.6 Å². The molecule has 0 aliphatic rings. The van der Waals surface area contributed by atoms with E-state index in [1.54, 1.807) is 17.7 Å². The SMILES string of the molecule is COC(=O)c1cc2c(N[C@H](C)c3ncn[nH]3)ncnc2n1C. The topological polar surface area (TPSA) is 111 Å². The van der Waals surface area contributed by atoms with Crippen LogP contribution in [0.25, 0.3) is 11.0 Å². The van der Waals surface area contributed by atoms with E-state index in [-0.39, 0.29) is 6.04 Å². The lowest BCUT2D eigenvalue weighted by molar-refractivity contribution is 0.0590. The lowest BCUT2D eigenvalue weighted by Gasteiger charge is -2.12. The minimum Gasteiger partial charge on any atom is -0.464 e. The number of esters is 1. The van der Waals surface area contributed by atoms with Gasteiger partial charge >= 0.3 is 5.97 Å². The molecule has 9 nitrogen and oxygen atoms in total. The number of aromatic nitrogens is 6. The van der Waals surface area contributed by atoms with Crippen LogP contribution in [0.5, 0.6) is 0 Å². The first-order valence-electron chi connectivity index (χ1n) is 6.62. The van der Waals surface area contributed by atoms with Crippen molar-refractivity contribution in [2.45, 2.75) is 13.0 Å². The minimum absolute atomic E-state index is 0.123. The summed E-state index contributed by atoms with van der Waals surface area (Å²) in [6, 6.07) is 1.58. The number of rotatable bonds is 4. The molecule has 114 valence electrons. The van der Waals surface area contributed by atoms with E-state index in [4.69, 9.17) is 4.74 Å². The van der Waals surface area contributed by atoms with Gasteiger partial charge in [-0.1, -0.05) is 0 Å². The van der Waals surface area contributed by atoms with Crippen molar-refractivity contribution in [3.63, 3.8) is 0 Å². The fraction of sp³-hybridized carbons (Fsp3) is 0.308. The van der Waals surface area contributed by atoms with Gasteiger partial charge in [-0.05, 0) is 13.0 Å². The van der Waals surface area contributed by atoms with Crippen LogP contribution in [-0.4, -0.2) is 42.8 Å². The Hall–Kier alpha value is -2.97. The summed E-state index contributed by atoms with van der Waals surface area (Å²) in [5.74, 6) is 0.880. The van der Waals surface area contributed by atoms with Gasteiger partial charge < -0.3 is 14.6 Å². The number of ether oxygens (including phenoxy) is 1. The predicted octanol–water partition coefficient (Wildman–Crippen LogP) is 1.05. The number of carbonyl (C=O) groups excluding carboxylic acids is 1. The molecule has 3 heterocycles. The number of methoxy groups -OCH3 is 1. The Morgan fingerprint density at radius 3 is 2.86 bits per heavy atom. The van der Waals surface area contributed by atoms with E-state index >= 15 is 0 Å². The van der Waals surface area contributed by atoms with Gasteiger partial charge in [0.2, 0.25) is 0 Å². The number of nitrogens with one attached hydrogen (secondary N) is 2. The van der Waals surface area contributed by atoms with E-state index < -0.39 is 5.97 Å². The van der Waals surface area contributed by atoms with Crippen molar-refractivity contribution < 1.29 is 9.53 Å². The zero-order valence-corrected chi connectivity index (χ0v) is 12.4. The van der Waals surface area contributed by atoms with Crippen LogP contribution in [0.3, 0.4) is 0 Å². The largest absolute Gasteiger partial charge is 0.464 e. The Morgan fingerprint density at radius 2 is 2.18 bits per heavy atom. The second kappa shape index (κ2) is 5.43. The minimum atomic E-state index is -0.422. The van der Waals surface area contributed by atoms with Gasteiger partial charge in [0.15, 0.2) is 0 Å². The van der Waals surface area contributed by atoms with Gasteiger partial charge in [-0.3, -0.25) is 5.10 Å². The normalized spacial score (nSPS) is 12.3. The first kappa shape index (κ1) is 14.0. The number of hydrogen-bond acceptors (Lipinski definition) is 7. The lowest BCUT2D eigenvalue weighted by Crippen LogP contribution is -2.10. The van der Waals surface area contributed by atoms with Crippen molar-refractivity contribution in [3.8, 4) is 0 Å². The number of carbonyl (C=O) groups is 1. The van der Waals surface area contributed by atoms with Gasteiger partial charge in [-0.25, -0.2) is 19.7 Å². The number of fused-ring (bicyclic) bond motifs is 1.